The molecule has 1 N–H and O–H groups in total. The van der Waals surface area contributed by atoms with E-state index in [9.17, 15) is 4.79 Å². The Balaban J connectivity index is -0.0000000942. The van der Waals surface area contributed by atoms with Crippen LogP contribution in [0.5, 0.6) is 0 Å². The van der Waals surface area contributed by atoms with E-state index in [1.165, 1.54) is 0 Å². The van der Waals surface area contributed by atoms with Gasteiger partial charge in [-0.15, -0.1) is 0 Å². The molecule has 0 bridgehead atoms. The van der Waals surface area contributed by atoms with Gasteiger partial charge in [0.15, 0.2) is 0 Å². The summed E-state index contributed by atoms with van der Waals surface area (Å²) in [6, 6.07) is 0. The normalized spacial score (nSPS) is 13.2. The average Bonchev–Trinajstić information content (AvgIpc) is 2.10. The van der Waals surface area contributed by atoms with Crippen molar-refractivity contribution < 1.29 is 37.5 Å². The minimum absolute atomic E-state index is 0. The summed E-state index contributed by atoms with van der Waals surface area (Å²) in [4.78, 5) is 12.6. The fourth-order valence-electron chi connectivity index (χ4n) is 0.980. The van der Waals surface area contributed by atoms with Crippen LogP contribution in [0.1, 0.15) is 20.8 Å². The Labute approximate surface area is 115 Å². The predicted octanol–water partition coefficient (Wildman–Crippen LogP) is 1.36. The first kappa shape index (κ1) is 24.0. The van der Waals surface area contributed by atoms with Crippen LogP contribution in [0.2, 0.25) is 0 Å². The van der Waals surface area contributed by atoms with E-state index in [4.69, 9.17) is 0 Å². The van der Waals surface area contributed by atoms with E-state index < -0.39 is 0 Å². The van der Waals surface area contributed by atoms with E-state index in [0.717, 1.165) is 26.2 Å². The Morgan fingerprint density at radius 3 is 1.71 bits per heavy atom. The van der Waals surface area contributed by atoms with Crippen molar-refractivity contribution in [2.45, 2.75) is 20.8 Å². The molecular formula is C10H24N2OY-2. The maximum Gasteiger partial charge on any atom is 0.219 e. The second-order valence-corrected chi connectivity index (χ2v) is 2.26. The monoisotopic (exact) mass is 277 g/mol. The van der Waals surface area contributed by atoms with Crippen molar-refractivity contribution in [3.63, 3.8) is 0 Å². The summed E-state index contributed by atoms with van der Waals surface area (Å²) in [5, 5.41) is 3.18. The minimum atomic E-state index is 0. The van der Waals surface area contributed by atoms with Gasteiger partial charge in [0.2, 0.25) is 5.91 Å². The number of hydrogen-bond acceptors (Lipinski definition) is 2. The molecular weight excluding hydrogens is 253 g/mol. The predicted molar refractivity (Wildman–Crippen MR) is 59.3 cm³/mol. The molecule has 1 amide bonds. The van der Waals surface area contributed by atoms with Crippen molar-refractivity contribution in [3.8, 4) is 0 Å². The molecule has 1 radical (unpaired) electrons. The zero-order valence-corrected chi connectivity index (χ0v) is 13.1. The first-order chi connectivity index (χ1) is 5.30. The third-order valence-corrected chi connectivity index (χ3v) is 1.56. The summed E-state index contributed by atoms with van der Waals surface area (Å²) in [5.41, 5.74) is 0. The number of nitrogens with one attached hydrogen (secondary N) is 1. The standard InChI is InChI=1S/C6H12N2O.C2H6.2CH3.Y/c1-6(9)8-4-2-7-3-5-8;1-2;;;/h7H,2-5H2,1H3;1-2H3;2*1H3;/q;;2*-1;. The summed E-state index contributed by atoms with van der Waals surface area (Å²) in [7, 11) is 0. The molecule has 0 aromatic carbocycles. The van der Waals surface area contributed by atoms with E-state index in [1.54, 1.807) is 6.92 Å². The number of piperazine rings is 1. The Bertz CT molecular complexity index is 115. The van der Waals surface area contributed by atoms with Gasteiger partial charge >= 0.3 is 0 Å². The van der Waals surface area contributed by atoms with Gasteiger partial charge in [0, 0.05) is 65.8 Å². The molecule has 85 valence electrons. The van der Waals surface area contributed by atoms with Crippen LogP contribution >= 0.6 is 0 Å². The minimum Gasteiger partial charge on any atom is -0.358 e. The molecule has 3 nitrogen and oxygen atoms in total. The summed E-state index contributed by atoms with van der Waals surface area (Å²) >= 11 is 0. The van der Waals surface area contributed by atoms with Gasteiger partial charge in [0.25, 0.3) is 0 Å². The van der Waals surface area contributed by atoms with E-state index in [1.807, 2.05) is 18.7 Å². The quantitative estimate of drug-likeness (QED) is 0.678. The molecule has 4 heteroatoms. The van der Waals surface area contributed by atoms with E-state index >= 15 is 0 Å². The molecule has 0 aromatic heterocycles. The molecule has 0 saturated carbocycles. The summed E-state index contributed by atoms with van der Waals surface area (Å²) in [5.74, 6) is 0.191. The fourth-order valence-corrected chi connectivity index (χ4v) is 0.980. The molecule has 0 spiro atoms. The Kier molecular flexibility index (Phi) is 27.4. The van der Waals surface area contributed by atoms with Crippen LogP contribution < -0.4 is 5.32 Å². The first-order valence-electron chi connectivity index (χ1n) is 4.27. The number of carbonyl (C=O) groups is 1. The second-order valence-electron chi connectivity index (χ2n) is 2.26. The Morgan fingerprint density at radius 1 is 1.14 bits per heavy atom. The summed E-state index contributed by atoms with van der Waals surface area (Å²) in [6.07, 6.45) is 0. The molecule has 1 fully saturated rings. The molecule has 0 aliphatic carbocycles. The number of amides is 1. The zero-order valence-electron chi connectivity index (χ0n) is 10.3. The van der Waals surface area contributed by atoms with Gasteiger partial charge in [-0.25, -0.2) is 0 Å². The molecule has 14 heavy (non-hydrogen) atoms. The molecule has 1 aliphatic heterocycles. The molecule has 0 atom stereocenters. The molecule has 0 unspecified atom stereocenters. The third-order valence-electron chi connectivity index (χ3n) is 1.56. The number of hydrogen-bond donors (Lipinski definition) is 1. The van der Waals surface area contributed by atoms with Crippen LogP contribution in [0.25, 0.3) is 0 Å². The first-order valence-corrected chi connectivity index (χ1v) is 4.27. The Morgan fingerprint density at radius 2 is 1.50 bits per heavy atom. The van der Waals surface area contributed by atoms with Crippen LogP contribution in [0.4, 0.5) is 0 Å². The van der Waals surface area contributed by atoms with Crippen LogP contribution in [0, 0.1) is 14.9 Å². The number of carbonyl (C=O) groups excluding carboxylic acids is 1. The second kappa shape index (κ2) is 16.0. The van der Waals surface area contributed by atoms with Crippen molar-refractivity contribution in [2.24, 2.45) is 0 Å². The van der Waals surface area contributed by atoms with Crippen molar-refractivity contribution in [3.05, 3.63) is 14.9 Å². The van der Waals surface area contributed by atoms with Crippen LogP contribution in [0.3, 0.4) is 0 Å². The van der Waals surface area contributed by atoms with Gasteiger partial charge in [0.1, 0.15) is 0 Å². The van der Waals surface area contributed by atoms with Crippen molar-refractivity contribution >= 4 is 5.91 Å². The SMILES string of the molecule is CC.CC(=O)N1CCNCC1.[CH3-].[CH3-].[Y]. The van der Waals surface area contributed by atoms with Crippen LogP contribution in [-0.2, 0) is 37.5 Å². The number of rotatable bonds is 0. The van der Waals surface area contributed by atoms with E-state index in [0.29, 0.717) is 0 Å². The van der Waals surface area contributed by atoms with Crippen molar-refractivity contribution in [1.29, 1.82) is 0 Å². The third kappa shape index (κ3) is 10.6. The Hall–Kier alpha value is 0.534. The van der Waals surface area contributed by atoms with Crippen molar-refractivity contribution in [1.82, 2.24) is 10.2 Å². The van der Waals surface area contributed by atoms with Gasteiger partial charge in [-0.3, -0.25) is 4.79 Å². The van der Waals surface area contributed by atoms with Gasteiger partial charge < -0.3 is 25.1 Å². The smallest absolute Gasteiger partial charge is 0.219 e. The van der Waals surface area contributed by atoms with Gasteiger partial charge in [-0.05, 0) is 0 Å². The van der Waals surface area contributed by atoms with Crippen LogP contribution in [-0.4, -0.2) is 37.0 Å². The fraction of sp³-hybridized carbons (Fsp3) is 0.700. The molecule has 1 saturated heterocycles. The molecule has 0 aromatic rings. The maximum atomic E-state index is 10.7. The molecule has 1 rings (SSSR count). The largest absolute Gasteiger partial charge is 0.358 e. The maximum absolute atomic E-state index is 10.7. The topological polar surface area (TPSA) is 32.3 Å². The molecule has 1 heterocycles. The van der Waals surface area contributed by atoms with Gasteiger partial charge in [-0.1, -0.05) is 13.8 Å². The van der Waals surface area contributed by atoms with E-state index in [2.05, 4.69) is 5.32 Å². The van der Waals surface area contributed by atoms with Gasteiger partial charge in [-0.2, -0.15) is 0 Å². The van der Waals surface area contributed by atoms with Gasteiger partial charge in [0.05, 0.1) is 0 Å². The van der Waals surface area contributed by atoms with Crippen molar-refractivity contribution in [2.75, 3.05) is 26.2 Å². The summed E-state index contributed by atoms with van der Waals surface area (Å²) in [6.45, 7) is 9.25. The molecule has 1 aliphatic rings. The van der Waals surface area contributed by atoms with E-state index in [-0.39, 0.29) is 53.5 Å². The van der Waals surface area contributed by atoms with Crippen LogP contribution in [0.15, 0.2) is 0 Å². The summed E-state index contributed by atoms with van der Waals surface area (Å²) < 4.78 is 0. The average molecular weight is 277 g/mol. The zero-order chi connectivity index (χ0) is 8.69. The number of nitrogens with zero attached hydrogens (tertiary/aromatic N) is 1.